The first-order chi connectivity index (χ1) is 12.9. The summed E-state index contributed by atoms with van der Waals surface area (Å²) in [5, 5.41) is 7.42. The van der Waals surface area contributed by atoms with Gasteiger partial charge in [-0.1, -0.05) is 24.3 Å². The minimum atomic E-state index is -0.833. The molecular weight excluding hydrogens is 368 g/mol. The van der Waals surface area contributed by atoms with Crippen LogP contribution in [0.4, 0.5) is 8.78 Å². The lowest BCUT2D eigenvalue weighted by atomic mass is 9.99. The van der Waals surface area contributed by atoms with E-state index in [2.05, 4.69) is 0 Å². The maximum atomic E-state index is 13.8. The summed E-state index contributed by atoms with van der Waals surface area (Å²) in [4.78, 5) is 20.8. The second-order valence-electron chi connectivity index (χ2n) is 7.16. The Morgan fingerprint density at radius 3 is 2.11 bits per heavy atom. The number of benzene rings is 2. The molecule has 0 amide bonds. The van der Waals surface area contributed by atoms with Crippen molar-refractivity contribution in [3.05, 3.63) is 59.7 Å². The van der Waals surface area contributed by atoms with E-state index in [1.807, 2.05) is 0 Å². The number of rotatable bonds is 4. The molecule has 0 heterocycles. The number of aliphatic carboxylic acids is 1. The van der Waals surface area contributed by atoms with E-state index in [1.54, 1.807) is 45.0 Å². The Morgan fingerprint density at radius 1 is 1.11 bits per heavy atom. The van der Waals surface area contributed by atoms with Crippen molar-refractivity contribution in [2.24, 2.45) is 5.73 Å². The monoisotopic (exact) mass is 393 g/mol. The summed E-state index contributed by atoms with van der Waals surface area (Å²) in [6, 6.07) is 9.78. The molecule has 0 bridgehead atoms. The van der Waals surface area contributed by atoms with Crippen LogP contribution in [0.1, 0.15) is 45.7 Å². The normalized spacial score (nSPS) is 11.8. The Balaban J connectivity index is 0.000000892. The molecule has 0 saturated carbocycles. The lowest BCUT2D eigenvalue weighted by Gasteiger charge is -2.21. The maximum Gasteiger partial charge on any atom is 0.308 e. The van der Waals surface area contributed by atoms with Crippen molar-refractivity contribution in [1.82, 2.24) is 0 Å². The van der Waals surface area contributed by atoms with Gasteiger partial charge in [-0.2, -0.15) is 0 Å². The van der Waals surface area contributed by atoms with Crippen molar-refractivity contribution >= 4 is 11.9 Å². The van der Waals surface area contributed by atoms with Gasteiger partial charge in [-0.3, -0.25) is 9.59 Å². The zero-order valence-corrected chi connectivity index (χ0v) is 16.3. The van der Waals surface area contributed by atoms with Crippen LogP contribution in [0.25, 0.3) is 11.1 Å². The summed E-state index contributed by atoms with van der Waals surface area (Å²) in [6.45, 7) is 6.47. The van der Waals surface area contributed by atoms with E-state index < -0.39 is 29.2 Å². The third-order valence-corrected chi connectivity index (χ3v) is 3.39. The van der Waals surface area contributed by atoms with E-state index in [1.165, 1.54) is 12.1 Å². The van der Waals surface area contributed by atoms with Gasteiger partial charge in [-0.15, -0.1) is 0 Å². The number of carboxylic acids is 1. The first-order valence-corrected chi connectivity index (χ1v) is 8.61. The van der Waals surface area contributed by atoms with Gasteiger partial charge in [-0.25, -0.2) is 8.78 Å². The second kappa shape index (κ2) is 9.94. The number of esters is 1. The number of hydrogen-bond acceptors (Lipinski definition) is 4. The lowest BCUT2D eigenvalue weighted by Crippen LogP contribution is -2.26. The molecule has 5 nitrogen and oxygen atoms in total. The highest BCUT2D eigenvalue weighted by Gasteiger charge is 2.19. The van der Waals surface area contributed by atoms with Gasteiger partial charge in [0.15, 0.2) is 0 Å². The van der Waals surface area contributed by atoms with Gasteiger partial charge in [0.2, 0.25) is 0 Å². The Hall–Kier alpha value is -2.80. The molecule has 0 saturated heterocycles. The molecule has 0 fully saturated rings. The Kier molecular flexibility index (Phi) is 8.25. The van der Waals surface area contributed by atoms with Crippen LogP contribution in [0.2, 0.25) is 0 Å². The highest BCUT2D eigenvalue weighted by molar-refractivity contribution is 5.71. The molecule has 0 aliphatic heterocycles. The molecule has 3 N–H and O–H groups in total. The molecule has 0 radical (unpaired) electrons. The number of carbonyl (C=O) groups excluding carboxylic acids is 1. The lowest BCUT2D eigenvalue weighted by molar-refractivity contribution is -0.155. The van der Waals surface area contributed by atoms with Gasteiger partial charge in [-0.05, 0) is 44.0 Å². The van der Waals surface area contributed by atoms with Crippen LogP contribution in [0, 0.1) is 11.6 Å². The van der Waals surface area contributed by atoms with Crippen molar-refractivity contribution in [3.63, 3.8) is 0 Å². The molecule has 28 heavy (non-hydrogen) atoms. The predicted molar refractivity (Wildman–Crippen MR) is 102 cm³/mol. The van der Waals surface area contributed by atoms with Gasteiger partial charge < -0.3 is 15.6 Å². The third-order valence-electron chi connectivity index (χ3n) is 3.39. The van der Waals surface area contributed by atoms with Crippen LogP contribution in [0.5, 0.6) is 0 Å². The topological polar surface area (TPSA) is 89.6 Å². The van der Waals surface area contributed by atoms with Crippen LogP contribution in [-0.2, 0) is 14.3 Å². The van der Waals surface area contributed by atoms with E-state index >= 15 is 0 Å². The molecular formula is C21H25F2NO4. The zero-order chi connectivity index (χ0) is 21.5. The van der Waals surface area contributed by atoms with E-state index in [9.17, 15) is 13.6 Å². The fraction of sp³-hybridized carbons (Fsp3) is 0.333. The number of ether oxygens (including phenoxy) is 1. The molecule has 0 aliphatic carbocycles. The number of hydrogen-bond donors (Lipinski definition) is 2. The average Bonchev–Trinajstić information content (AvgIpc) is 2.52. The van der Waals surface area contributed by atoms with Crippen LogP contribution in [-0.4, -0.2) is 22.6 Å². The van der Waals surface area contributed by atoms with Crippen LogP contribution in [0.3, 0.4) is 0 Å². The summed E-state index contributed by atoms with van der Waals surface area (Å²) >= 11 is 0. The van der Waals surface area contributed by atoms with Crippen molar-refractivity contribution < 1.29 is 28.2 Å². The number of carbonyl (C=O) groups is 2. The van der Waals surface area contributed by atoms with Crippen LogP contribution < -0.4 is 5.73 Å². The SMILES string of the molecule is CC(=O)O.CC(C)(C)OC(=O)C[C@H](N)c1ccc(-c2ccc(F)cc2F)cc1. The zero-order valence-electron chi connectivity index (χ0n) is 16.3. The molecule has 2 aromatic carbocycles. The van der Waals surface area contributed by atoms with Crippen LogP contribution >= 0.6 is 0 Å². The first-order valence-electron chi connectivity index (χ1n) is 8.61. The Bertz CT molecular complexity index is 810. The minimum Gasteiger partial charge on any atom is -0.481 e. The van der Waals surface area contributed by atoms with E-state index in [0.717, 1.165) is 18.6 Å². The Morgan fingerprint density at radius 2 is 1.64 bits per heavy atom. The van der Waals surface area contributed by atoms with Gasteiger partial charge in [0.25, 0.3) is 5.97 Å². The second-order valence-corrected chi connectivity index (χ2v) is 7.16. The Labute approximate surface area is 163 Å². The molecule has 0 aromatic heterocycles. The highest BCUT2D eigenvalue weighted by atomic mass is 19.1. The minimum absolute atomic E-state index is 0.0571. The third kappa shape index (κ3) is 8.26. The molecule has 2 aromatic rings. The maximum absolute atomic E-state index is 13.8. The molecule has 2 rings (SSSR count). The largest absolute Gasteiger partial charge is 0.481 e. The summed E-state index contributed by atoms with van der Waals surface area (Å²) in [5.74, 6) is -2.45. The van der Waals surface area contributed by atoms with Gasteiger partial charge in [0.1, 0.15) is 17.2 Å². The average molecular weight is 393 g/mol. The van der Waals surface area contributed by atoms with Gasteiger partial charge >= 0.3 is 5.97 Å². The molecule has 0 aliphatic rings. The molecule has 0 spiro atoms. The van der Waals surface area contributed by atoms with Crippen LogP contribution in [0.15, 0.2) is 42.5 Å². The van der Waals surface area contributed by atoms with Crippen molar-refractivity contribution in [3.8, 4) is 11.1 Å². The van der Waals surface area contributed by atoms with Gasteiger partial charge in [0, 0.05) is 24.6 Å². The summed E-state index contributed by atoms with van der Waals surface area (Å²) < 4.78 is 32.0. The number of nitrogens with two attached hydrogens (primary N) is 1. The summed E-state index contributed by atoms with van der Waals surface area (Å²) in [5.41, 5.74) is 7.14. The van der Waals surface area contributed by atoms with Crippen molar-refractivity contribution in [1.29, 1.82) is 0 Å². The fourth-order valence-electron chi connectivity index (χ4n) is 2.31. The molecule has 152 valence electrons. The van der Waals surface area contributed by atoms with E-state index in [-0.39, 0.29) is 12.4 Å². The number of halogens is 2. The first kappa shape index (κ1) is 23.2. The predicted octanol–water partition coefficient (Wildman–Crippen LogP) is 4.45. The van der Waals surface area contributed by atoms with E-state index in [0.29, 0.717) is 11.1 Å². The molecule has 1 atom stereocenters. The van der Waals surface area contributed by atoms with Crippen molar-refractivity contribution in [2.75, 3.05) is 0 Å². The number of carboxylic acid groups (broad SMARTS) is 1. The standard InChI is InChI=1S/C19H21F2NO2.C2H4O2/c1-19(2,3)24-18(23)11-17(22)13-6-4-12(5-7-13)15-9-8-14(20)10-16(15)21;1-2(3)4/h4-10,17H,11,22H2,1-3H3;1H3,(H,3,4)/t17-;/m0./s1. The highest BCUT2D eigenvalue weighted by Crippen LogP contribution is 2.25. The quantitative estimate of drug-likeness (QED) is 0.749. The fourth-order valence-corrected chi connectivity index (χ4v) is 2.31. The van der Waals surface area contributed by atoms with E-state index in [4.69, 9.17) is 20.4 Å². The summed E-state index contributed by atoms with van der Waals surface area (Å²) in [7, 11) is 0. The van der Waals surface area contributed by atoms with Gasteiger partial charge in [0.05, 0.1) is 6.42 Å². The molecule has 0 unspecified atom stereocenters. The molecule has 7 heteroatoms. The summed E-state index contributed by atoms with van der Waals surface area (Å²) in [6.07, 6.45) is 0.0571. The van der Waals surface area contributed by atoms with Crippen molar-refractivity contribution in [2.45, 2.75) is 45.8 Å². The smallest absolute Gasteiger partial charge is 0.308 e.